The molecule has 1 heterocycles. The number of rotatable bonds is 7. The highest BCUT2D eigenvalue weighted by molar-refractivity contribution is 6.02. The van der Waals surface area contributed by atoms with Gasteiger partial charge in [-0.15, -0.1) is 0 Å². The van der Waals surface area contributed by atoms with Crippen molar-refractivity contribution in [1.82, 2.24) is 9.78 Å². The molecule has 29 heavy (non-hydrogen) atoms. The van der Waals surface area contributed by atoms with Crippen molar-refractivity contribution in [2.45, 2.75) is 6.61 Å². The number of amides is 1. The van der Waals surface area contributed by atoms with Crippen LogP contribution in [0, 0.1) is 0 Å². The van der Waals surface area contributed by atoms with Crippen LogP contribution in [0.25, 0.3) is 17.2 Å². The molecule has 1 amide bonds. The fourth-order valence-electron chi connectivity index (χ4n) is 2.70. The van der Waals surface area contributed by atoms with Crippen molar-refractivity contribution >= 4 is 17.7 Å². The second kappa shape index (κ2) is 9.01. The Morgan fingerprint density at radius 1 is 1.17 bits per heavy atom. The number of hydrogen-bond acceptors (Lipinski definition) is 4. The molecule has 8 heteroatoms. The normalized spacial score (nSPS) is 11.1. The third-order valence-electron chi connectivity index (χ3n) is 4.13. The minimum absolute atomic E-state index is 0.00796. The Balaban J connectivity index is 1.84. The number of nitrogens with zero attached hydrogens (tertiary/aromatic N) is 2. The fourth-order valence-corrected chi connectivity index (χ4v) is 2.70. The second-order valence-corrected chi connectivity index (χ2v) is 6.02. The number of carbonyl (C=O) groups is 1. The van der Waals surface area contributed by atoms with Gasteiger partial charge in [-0.05, 0) is 48.0 Å². The van der Waals surface area contributed by atoms with Gasteiger partial charge in [0.05, 0.1) is 12.8 Å². The number of benzene rings is 2. The van der Waals surface area contributed by atoms with E-state index in [2.05, 4.69) is 15.2 Å². The number of ether oxygens (including phenoxy) is 2. The number of aromatic nitrogens is 2. The fraction of sp³-hybridized carbons (Fsp3) is 0.143. The van der Waals surface area contributed by atoms with Crippen molar-refractivity contribution in [1.29, 1.82) is 0 Å². The molecule has 0 saturated carbocycles. The smallest absolute Gasteiger partial charge is 0.387 e. The van der Waals surface area contributed by atoms with Gasteiger partial charge in [0.1, 0.15) is 11.5 Å². The third-order valence-corrected chi connectivity index (χ3v) is 4.13. The van der Waals surface area contributed by atoms with E-state index in [-0.39, 0.29) is 11.7 Å². The highest BCUT2D eigenvalue weighted by atomic mass is 19.3. The molecule has 0 spiro atoms. The van der Waals surface area contributed by atoms with E-state index in [1.54, 1.807) is 60.4 Å². The number of carbonyl (C=O) groups excluding carboxylic acids is 1. The number of nitrogens with one attached hydrogen (secondary N) is 1. The topological polar surface area (TPSA) is 65.4 Å². The standard InChI is InChI=1S/C21H19F2N3O3/c1-26-16(11-12-24-26)6-10-20(27)25-15-5-9-19(29-21(22)23)18(13-15)14-3-7-17(28-2)8-4-14/h3-13,21H,1-2H3,(H,25,27). The summed E-state index contributed by atoms with van der Waals surface area (Å²) in [4.78, 5) is 12.2. The van der Waals surface area contributed by atoms with Crippen LogP contribution in [0.15, 0.2) is 60.8 Å². The molecule has 0 saturated heterocycles. The van der Waals surface area contributed by atoms with Gasteiger partial charge in [0, 0.05) is 30.6 Å². The molecular formula is C21H19F2N3O3. The van der Waals surface area contributed by atoms with Gasteiger partial charge in [-0.3, -0.25) is 9.48 Å². The van der Waals surface area contributed by atoms with E-state index in [4.69, 9.17) is 4.74 Å². The predicted molar refractivity (Wildman–Crippen MR) is 106 cm³/mol. The van der Waals surface area contributed by atoms with Crippen LogP contribution in [0.3, 0.4) is 0 Å². The number of halogens is 2. The maximum absolute atomic E-state index is 12.8. The van der Waals surface area contributed by atoms with E-state index in [1.165, 1.54) is 25.3 Å². The van der Waals surface area contributed by atoms with E-state index in [0.717, 1.165) is 5.69 Å². The molecule has 0 atom stereocenters. The molecule has 0 aliphatic heterocycles. The zero-order valence-corrected chi connectivity index (χ0v) is 15.8. The average Bonchev–Trinajstić information content (AvgIpc) is 3.12. The van der Waals surface area contributed by atoms with Gasteiger partial charge in [-0.25, -0.2) is 0 Å². The van der Waals surface area contributed by atoms with Crippen molar-refractivity contribution < 1.29 is 23.0 Å². The largest absolute Gasteiger partial charge is 0.497 e. The molecule has 0 aliphatic rings. The Kier molecular flexibility index (Phi) is 6.23. The molecule has 6 nitrogen and oxygen atoms in total. The maximum Gasteiger partial charge on any atom is 0.387 e. The number of aryl methyl sites for hydroxylation is 1. The lowest BCUT2D eigenvalue weighted by atomic mass is 10.0. The molecular weight excluding hydrogens is 380 g/mol. The highest BCUT2D eigenvalue weighted by Crippen LogP contribution is 2.34. The molecule has 2 aromatic carbocycles. The summed E-state index contributed by atoms with van der Waals surface area (Å²) in [7, 11) is 3.30. The molecule has 0 fully saturated rings. The zero-order valence-electron chi connectivity index (χ0n) is 15.8. The molecule has 0 bridgehead atoms. The van der Waals surface area contributed by atoms with Crippen LogP contribution in [0.2, 0.25) is 0 Å². The first-order valence-corrected chi connectivity index (χ1v) is 8.66. The summed E-state index contributed by atoms with van der Waals surface area (Å²) in [6, 6.07) is 13.1. The lowest BCUT2D eigenvalue weighted by Crippen LogP contribution is -2.09. The lowest BCUT2D eigenvalue weighted by Gasteiger charge is -2.13. The lowest BCUT2D eigenvalue weighted by molar-refractivity contribution is -0.111. The van der Waals surface area contributed by atoms with Crippen molar-refractivity contribution in [3.8, 4) is 22.6 Å². The average molecular weight is 399 g/mol. The molecule has 0 radical (unpaired) electrons. The summed E-state index contributed by atoms with van der Waals surface area (Å²) < 4.78 is 36.9. The van der Waals surface area contributed by atoms with Gasteiger partial charge in [-0.1, -0.05) is 12.1 Å². The first-order chi connectivity index (χ1) is 14.0. The van der Waals surface area contributed by atoms with Crippen molar-refractivity contribution in [2.24, 2.45) is 7.05 Å². The first kappa shape index (κ1) is 20.1. The van der Waals surface area contributed by atoms with E-state index < -0.39 is 6.61 Å². The van der Waals surface area contributed by atoms with Crippen LogP contribution in [0.4, 0.5) is 14.5 Å². The summed E-state index contributed by atoms with van der Waals surface area (Å²) in [6.45, 7) is -2.96. The summed E-state index contributed by atoms with van der Waals surface area (Å²) in [6.07, 6.45) is 4.62. The maximum atomic E-state index is 12.8. The Morgan fingerprint density at radius 2 is 1.93 bits per heavy atom. The quantitative estimate of drug-likeness (QED) is 0.600. The van der Waals surface area contributed by atoms with E-state index in [0.29, 0.717) is 22.6 Å². The third kappa shape index (κ3) is 5.19. The van der Waals surface area contributed by atoms with Gasteiger partial charge < -0.3 is 14.8 Å². The molecule has 150 valence electrons. The Morgan fingerprint density at radius 3 is 2.55 bits per heavy atom. The second-order valence-electron chi connectivity index (χ2n) is 6.02. The molecule has 3 rings (SSSR count). The van der Waals surface area contributed by atoms with Crippen LogP contribution in [0.5, 0.6) is 11.5 Å². The monoisotopic (exact) mass is 399 g/mol. The number of hydrogen-bond donors (Lipinski definition) is 1. The Labute approximate surface area is 166 Å². The summed E-state index contributed by atoms with van der Waals surface area (Å²) in [5.41, 5.74) is 2.26. The Hall–Kier alpha value is -3.68. The molecule has 0 aliphatic carbocycles. The minimum atomic E-state index is -2.96. The summed E-state index contributed by atoms with van der Waals surface area (Å²) >= 11 is 0. The van der Waals surface area contributed by atoms with Crippen LogP contribution >= 0.6 is 0 Å². The first-order valence-electron chi connectivity index (χ1n) is 8.66. The highest BCUT2D eigenvalue weighted by Gasteiger charge is 2.13. The van der Waals surface area contributed by atoms with Crippen LogP contribution in [-0.4, -0.2) is 29.4 Å². The van der Waals surface area contributed by atoms with Crippen LogP contribution in [0.1, 0.15) is 5.69 Å². The van der Waals surface area contributed by atoms with Crippen LogP contribution < -0.4 is 14.8 Å². The predicted octanol–water partition coefficient (Wildman–Crippen LogP) is 4.35. The summed E-state index contributed by atoms with van der Waals surface area (Å²) in [5, 5.41) is 6.73. The van der Waals surface area contributed by atoms with E-state index in [1.807, 2.05) is 0 Å². The number of alkyl halides is 2. The van der Waals surface area contributed by atoms with Crippen molar-refractivity contribution in [2.75, 3.05) is 12.4 Å². The van der Waals surface area contributed by atoms with E-state index in [9.17, 15) is 13.6 Å². The van der Waals surface area contributed by atoms with Crippen molar-refractivity contribution in [3.63, 3.8) is 0 Å². The van der Waals surface area contributed by atoms with Gasteiger partial charge in [0.15, 0.2) is 0 Å². The summed E-state index contributed by atoms with van der Waals surface area (Å²) in [5.74, 6) is 0.276. The van der Waals surface area contributed by atoms with Gasteiger partial charge in [0.25, 0.3) is 0 Å². The van der Waals surface area contributed by atoms with Crippen LogP contribution in [-0.2, 0) is 11.8 Å². The Bertz CT molecular complexity index is 1010. The number of methoxy groups -OCH3 is 1. The van der Waals surface area contributed by atoms with Gasteiger partial charge >= 0.3 is 6.61 Å². The number of anilines is 1. The molecule has 0 unspecified atom stereocenters. The van der Waals surface area contributed by atoms with E-state index >= 15 is 0 Å². The van der Waals surface area contributed by atoms with Gasteiger partial charge in [-0.2, -0.15) is 13.9 Å². The van der Waals surface area contributed by atoms with Gasteiger partial charge in [0.2, 0.25) is 5.91 Å². The van der Waals surface area contributed by atoms with Crippen molar-refractivity contribution in [3.05, 3.63) is 66.5 Å². The molecule has 1 N–H and O–H groups in total. The molecule has 1 aromatic heterocycles. The minimum Gasteiger partial charge on any atom is -0.497 e. The molecule has 3 aromatic rings. The zero-order chi connectivity index (χ0) is 20.8. The SMILES string of the molecule is COc1ccc(-c2cc(NC(=O)C=Cc3ccnn3C)ccc2OC(F)F)cc1.